The summed E-state index contributed by atoms with van der Waals surface area (Å²) in [7, 11) is 1.66. The Labute approximate surface area is 129 Å². The smallest absolute Gasteiger partial charge is 0.223 e. The van der Waals surface area contributed by atoms with Gasteiger partial charge in [0, 0.05) is 16.0 Å². The zero-order valence-electron chi connectivity index (χ0n) is 12.2. The summed E-state index contributed by atoms with van der Waals surface area (Å²) in [6, 6.07) is 16.1. The Morgan fingerprint density at radius 1 is 1.00 bits per heavy atom. The van der Waals surface area contributed by atoms with Crippen molar-refractivity contribution in [1.82, 2.24) is 0 Å². The summed E-state index contributed by atoms with van der Waals surface area (Å²) in [6.45, 7) is 1.18. The molecule has 110 valence electrons. The fourth-order valence-electron chi connectivity index (χ4n) is 2.62. The van der Waals surface area contributed by atoms with Crippen LogP contribution in [0.2, 0.25) is 0 Å². The van der Waals surface area contributed by atoms with Crippen LogP contribution in [0.25, 0.3) is 0 Å². The zero-order valence-corrected chi connectivity index (χ0v) is 13.0. The fraction of sp³-hybridized carbons (Fsp3) is 0.294. The van der Waals surface area contributed by atoms with Crippen molar-refractivity contribution in [3.8, 4) is 5.75 Å². The van der Waals surface area contributed by atoms with E-state index in [9.17, 15) is 0 Å². The molecule has 0 unspecified atom stereocenters. The third kappa shape index (κ3) is 2.55. The molecule has 0 bridgehead atoms. The maximum absolute atomic E-state index is 6.05. The first-order valence-electron chi connectivity index (χ1n) is 6.86. The predicted octanol–water partition coefficient (Wildman–Crippen LogP) is 3.67. The van der Waals surface area contributed by atoms with Crippen molar-refractivity contribution in [3.05, 3.63) is 59.7 Å². The van der Waals surface area contributed by atoms with Gasteiger partial charge < -0.3 is 14.2 Å². The van der Waals surface area contributed by atoms with Crippen LogP contribution in [0.1, 0.15) is 11.1 Å². The van der Waals surface area contributed by atoms with Crippen molar-refractivity contribution in [2.45, 2.75) is 10.7 Å². The molecule has 21 heavy (non-hydrogen) atoms. The van der Waals surface area contributed by atoms with Crippen LogP contribution in [-0.2, 0) is 15.3 Å². The molecule has 0 spiro atoms. The van der Waals surface area contributed by atoms with E-state index in [1.807, 2.05) is 36.4 Å². The summed E-state index contributed by atoms with van der Waals surface area (Å²) >= 11 is 1.70. The van der Waals surface area contributed by atoms with Gasteiger partial charge in [-0.15, -0.1) is 11.8 Å². The van der Waals surface area contributed by atoms with Crippen LogP contribution in [0.4, 0.5) is 0 Å². The normalized spacial score (nSPS) is 16.9. The van der Waals surface area contributed by atoms with Gasteiger partial charge in [0.05, 0.1) is 20.3 Å². The van der Waals surface area contributed by atoms with E-state index in [4.69, 9.17) is 14.2 Å². The molecule has 3 rings (SSSR count). The molecule has 0 amide bonds. The van der Waals surface area contributed by atoms with Crippen LogP contribution < -0.4 is 4.74 Å². The molecule has 0 N–H and O–H groups in total. The summed E-state index contributed by atoms with van der Waals surface area (Å²) in [5.41, 5.74) is 2.04. The highest BCUT2D eigenvalue weighted by Gasteiger charge is 2.42. The van der Waals surface area contributed by atoms with Gasteiger partial charge in [-0.2, -0.15) is 0 Å². The molecule has 2 aromatic rings. The lowest BCUT2D eigenvalue weighted by Gasteiger charge is -2.30. The minimum absolute atomic E-state index is 0.592. The van der Waals surface area contributed by atoms with E-state index in [2.05, 4.69) is 18.4 Å². The van der Waals surface area contributed by atoms with E-state index in [-0.39, 0.29) is 0 Å². The number of rotatable bonds is 4. The van der Waals surface area contributed by atoms with Gasteiger partial charge in [0.2, 0.25) is 5.79 Å². The highest BCUT2D eigenvalue weighted by atomic mass is 32.2. The van der Waals surface area contributed by atoms with E-state index < -0.39 is 5.79 Å². The van der Waals surface area contributed by atoms with E-state index in [0.717, 1.165) is 21.8 Å². The highest BCUT2D eigenvalue weighted by molar-refractivity contribution is 7.98. The number of hydrogen-bond donors (Lipinski definition) is 0. The Morgan fingerprint density at radius 3 is 2.29 bits per heavy atom. The number of methoxy groups -OCH3 is 1. The third-order valence-electron chi connectivity index (χ3n) is 3.63. The second-order valence-electron chi connectivity index (χ2n) is 4.74. The van der Waals surface area contributed by atoms with Crippen LogP contribution in [0.3, 0.4) is 0 Å². The summed E-state index contributed by atoms with van der Waals surface area (Å²) < 4.78 is 17.3. The first-order valence-corrected chi connectivity index (χ1v) is 8.08. The van der Waals surface area contributed by atoms with Crippen molar-refractivity contribution in [2.24, 2.45) is 0 Å². The summed E-state index contributed by atoms with van der Waals surface area (Å²) in [4.78, 5) is 1.16. The van der Waals surface area contributed by atoms with Crippen molar-refractivity contribution < 1.29 is 14.2 Å². The van der Waals surface area contributed by atoms with Gasteiger partial charge in [-0.25, -0.2) is 0 Å². The van der Waals surface area contributed by atoms with Gasteiger partial charge in [-0.3, -0.25) is 0 Å². The molecule has 0 aromatic heterocycles. The monoisotopic (exact) mass is 302 g/mol. The number of ether oxygens (including phenoxy) is 3. The first-order chi connectivity index (χ1) is 10.3. The van der Waals surface area contributed by atoms with E-state index >= 15 is 0 Å². The van der Waals surface area contributed by atoms with Crippen molar-refractivity contribution >= 4 is 11.8 Å². The largest absolute Gasteiger partial charge is 0.497 e. The van der Waals surface area contributed by atoms with Gasteiger partial charge >= 0.3 is 0 Å². The average molecular weight is 302 g/mol. The molecule has 1 aliphatic heterocycles. The first kappa shape index (κ1) is 14.4. The lowest BCUT2D eigenvalue weighted by atomic mass is 9.97. The van der Waals surface area contributed by atoms with Gasteiger partial charge in [0.25, 0.3) is 0 Å². The van der Waals surface area contributed by atoms with Gasteiger partial charge in [0.15, 0.2) is 0 Å². The quantitative estimate of drug-likeness (QED) is 0.806. The van der Waals surface area contributed by atoms with E-state index in [0.29, 0.717) is 13.2 Å². The fourth-order valence-corrected chi connectivity index (χ4v) is 3.25. The third-order valence-corrected chi connectivity index (χ3v) is 4.42. The Hall–Kier alpha value is -1.49. The van der Waals surface area contributed by atoms with Crippen LogP contribution in [0, 0.1) is 0 Å². The van der Waals surface area contributed by atoms with Gasteiger partial charge in [0.1, 0.15) is 5.75 Å². The number of benzene rings is 2. The maximum atomic E-state index is 6.05. The number of hydrogen-bond acceptors (Lipinski definition) is 4. The second-order valence-corrected chi connectivity index (χ2v) is 5.59. The van der Waals surface area contributed by atoms with Crippen LogP contribution in [-0.4, -0.2) is 26.6 Å². The van der Waals surface area contributed by atoms with Crippen LogP contribution in [0.15, 0.2) is 53.4 Å². The van der Waals surface area contributed by atoms with Crippen molar-refractivity contribution in [3.63, 3.8) is 0 Å². The molecule has 3 nitrogen and oxygen atoms in total. The highest BCUT2D eigenvalue weighted by Crippen LogP contribution is 2.42. The second kappa shape index (κ2) is 6.10. The van der Waals surface area contributed by atoms with E-state index in [1.165, 1.54) is 0 Å². The molecule has 1 aliphatic rings. The SMILES string of the molecule is COc1ccc(C2(c3ccccc3SC)OCCO2)cc1. The van der Waals surface area contributed by atoms with Crippen LogP contribution >= 0.6 is 11.8 Å². The number of thioether (sulfide) groups is 1. The molecule has 1 saturated heterocycles. The Balaban J connectivity index is 2.10. The molecule has 4 heteroatoms. The minimum Gasteiger partial charge on any atom is -0.497 e. The molecular formula is C17H18O3S. The molecule has 0 aliphatic carbocycles. The lowest BCUT2D eigenvalue weighted by molar-refractivity contribution is -0.131. The maximum Gasteiger partial charge on any atom is 0.223 e. The molecular weight excluding hydrogens is 284 g/mol. The van der Waals surface area contributed by atoms with Crippen molar-refractivity contribution in [2.75, 3.05) is 26.6 Å². The molecule has 1 heterocycles. The molecule has 1 fully saturated rings. The summed E-state index contributed by atoms with van der Waals surface area (Å²) in [5, 5.41) is 0. The molecule has 0 atom stereocenters. The topological polar surface area (TPSA) is 27.7 Å². The van der Waals surface area contributed by atoms with E-state index in [1.54, 1.807) is 18.9 Å². The molecule has 0 saturated carbocycles. The predicted molar refractivity (Wildman–Crippen MR) is 83.9 cm³/mol. The Morgan fingerprint density at radius 2 is 1.67 bits per heavy atom. The van der Waals surface area contributed by atoms with Crippen molar-refractivity contribution in [1.29, 1.82) is 0 Å². The van der Waals surface area contributed by atoms with Gasteiger partial charge in [-0.05, 0) is 36.6 Å². The van der Waals surface area contributed by atoms with Gasteiger partial charge in [-0.1, -0.05) is 18.2 Å². The Kier molecular flexibility index (Phi) is 4.19. The molecule has 2 aromatic carbocycles. The van der Waals surface area contributed by atoms with Crippen LogP contribution in [0.5, 0.6) is 5.75 Å². The lowest BCUT2D eigenvalue weighted by Crippen LogP contribution is -2.29. The summed E-state index contributed by atoms with van der Waals surface area (Å²) in [6.07, 6.45) is 2.06. The standard InChI is InChI=1S/C17H18O3S/c1-18-14-9-7-13(8-10-14)17(19-11-12-20-17)15-5-3-4-6-16(15)21-2/h3-10H,11-12H2,1-2H3. The average Bonchev–Trinajstić information content (AvgIpc) is 3.05. The Bertz CT molecular complexity index is 604. The molecule has 0 radical (unpaired) electrons. The zero-order chi connectivity index (χ0) is 14.7. The summed E-state index contributed by atoms with van der Waals surface area (Å²) in [5.74, 6) is 0.0105. The minimum atomic E-state index is -0.814.